The van der Waals surface area contributed by atoms with Gasteiger partial charge in [-0.2, -0.15) is 0 Å². The molecule has 5 nitrogen and oxygen atoms in total. The van der Waals surface area contributed by atoms with Crippen LogP contribution >= 0.6 is 0 Å². The summed E-state index contributed by atoms with van der Waals surface area (Å²) in [6, 6.07) is 13.1. The number of anilines is 2. The van der Waals surface area contributed by atoms with E-state index in [0.717, 1.165) is 48.9 Å². The van der Waals surface area contributed by atoms with Crippen LogP contribution in [0.1, 0.15) is 22.8 Å². The highest BCUT2D eigenvalue weighted by Crippen LogP contribution is 2.24. The summed E-state index contributed by atoms with van der Waals surface area (Å²) < 4.78 is 11.5. The number of carbonyl (C=O) groups excluding carboxylic acids is 1. The second-order valence-corrected chi connectivity index (χ2v) is 8.23. The van der Waals surface area contributed by atoms with Crippen molar-refractivity contribution < 1.29 is 9.00 Å². The van der Waals surface area contributed by atoms with Crippen LogP contribution in [-0.2, 0) is 10.8 Å². The lowest BCUT2D eigenvalue weighted by molar-refractivity contribution is 0.102. The summed E-state index contributed by atoms with van der Waals surface area (Å²) in [5, 5.41) is 2.98. The molecule has 1 heterocycles. The Kier molecular flexibility index (Phi) is 6.29. The highest BCUT2D eigenvalue weighted by Gasteiger charge is 2.17. The van der Waals surface area contributed by atoms with E-state index in [1.807, 2.05) is 13.0 Å². The average molecular weight is 386 g/mol. The van der Waals surface area contributed by atoms with Crippen molar-refractivity contribution in [3.8, 4) is 0 Å². The Morgan fingerprint density at radius 2 is 1.74 bits per heavy atom. The van der Waals surface area contributed by atoms with Crippen molar-refractivity contribution in [1.82, 2.24) is 4.90 Å². The molecule has 2 aromatic rings. The van der Waals surface area contributed by atoms with Gasteiger partial charge in [0.05, 0.1) is 0 Å². The van der Waals surface area contributed by atoms with Crippen LogP contribution in [0.15, 0.2) is 47.4 Å². The van der Waals surface area contributed by atoms with Crippen molar-refractivity contribution in [2.45, 2.75) is 18.7 Å². The fourth-order valence-electron chi connectivity index (χ4n) is 3.30. The molecule has 0 bridgehead atoms. The molecule has 1 aliphatic rings. The fourth-order valence-corrected chi connectivity index (χ4v) is 3.82. The van der Waals surface area contributed by atoms with Crippen LogP contribution in [0.3, 0.4) is 0 Å². The van der Waals surface area contributed by atoms with E-state index in [4.69, 9.17) is 0 Å². The third kappa shape index (κ3) is 4.76. The number of hydrogen-bond donors (Lipinski definition) is 1. The molecule has 1 amide bonds. The molecule has 144 valence electrons. The van der Waals surface area contributed by atoms with E-state index in [-0.39, 0.29) is 5.91 Å². The lowest BCUT2D eigenvalue weighted by Crippen LogP contribution is -2.46. The molecule has 1 fully saturated rings. The summed E-state index contributed by atoms with van der Waals surface area (Å²) in [7, 11) is -1.04. The van der Waals surface area contributed by atoms with Crippen LogP contribution in [0.25, 0.3) is 0 Å². The lowest BCUT2D eigenvalue weighted by Gasteiger charge is -2.35. The molecule has 0 spiro atoms. The van der Waals surface area contributed by atoms with E-state index in [1.165, 1.54) is 5.69 Å². The van der Waals surface area contributed by atoms with Crippen LogP contribution in [0, 0.1) is 6.92 Å². The van der Waals surface area contributed by atoms with Gasteiger partial charge in [0.25, 0.3) is 5.91 Å². The van der Waals surface area contributed by atoms with Gasteiger partial charge in [0, 0.05) is 65.1 Å². The van der Waals surface area contributed by atoms with Gasteiger partial charge < -0.3 is 15.1 Å². The fraction of sp³-hybridized carbons (Fsp3) is 0.381. The predicted octanol–water partition coefficient (Wildman–Crippen LogP) is 3.13. The van der Waals surface area contributed by atoms with E-state index in [9.17, 15) is 9.00 Å². The van der Waals surface area contributed by atoms with Crippen molar-refractivity contribution in [3.05, 3.63) is 53.6 Å². The first kappa shape index (κ1) is 19.6. The van der Waals surface area contributed by atoms with Gasteiger partial charge in [0.1, 0.15) is 0 Å². The summed E-state index contributed by atoms with van der Waals surface area (Å²) in [6.45, 7) is 9.57. The normalized spacial score (nSPS) is 16.2. The molecule has 0 aromatic heterocycles. The van der Waals surface area contributed by atoms with Gasteiger partial charge in [-0.3, -0.25) is 9.00 Å². The molecule has 1 N–H and O–H groups in total. The molecule has 0 radical (unpaired) electrons. The quantitative estimate of drug-likeness (QED) is 0.859. The second-order valence-electron chi connectivity index (χ2n) is 6.85. The number of nitrogens with one attached hydrogen (secondary N) is 1. The molecule has 6 heteroatoms. The molecular formula is C21H27N3O2S. The maximum Gasteiger partial charge on any atom is 0.255 e. The highest BCUT2D eigenvalue weighted by molar-refractivity contribution is 7.84. The monoisotopic (exact) mass is 385 g/mol. The third-order valence-electron chi connectivity index (χ3n) is 5.09. The van der Waals surface area contributed by atoms with Crippen LogP contribution in [0.2, 0.25) is 0 Å². The summed E-state index contributed by atoms with van der Waals surface area (Å²) >= 11 is 0. The number of aryl methyl sites for hydroxylation is 1. The maximum atomic E-state index is 12.5. The van der Waals surface area contributed by atoms with Crippen LogP contribution in [0.5, 0.6) is 0 Å². The van der Waals surface area contributed by atoms with Gasteiger partial charge >= 0.3 is 0 Å². The Morgan fingerprint density at radius 1 is 1.07 bits per heavy atom. The molecule has 0 aliphatic carbocycles. The molecule has 1 aliphatic heterocycles. The standard InChI is InChI=1S/C21H27N3O2S/c1-4-23-11-13-24(14-12-23)18-7-10-20(16(2)15-18)22-21(25)17-5-8-19(9-6-17)27(3)26/h5-10,15H,4,11-14H2,1-3H3,(H,22,25). The first-order valence-corrected chi connectivity index (χ1v) is 10.9. The number of amides is 1. The average Bonchev–Trinajstić information content (AvgIpc) is 2.69. The summed E-state index contributed by atoms with van der Waals surface area (Å²) in [5.74, 6) is -0.157. The minimum absolute atomic E-state index is 0.157. The maximum absolute atomic E-state index is 12.5. The van der Waals surface area contributed by atoms with E-state index in [2.05, 4.69) is 34.2 Å². The van der Waals surface area contributed by atoms with Crippen molar-refractivity contribution >= 4 is 28.1 Å². The van der Waals surface area contributed by atoms with Crippen molar-refractivity contribution in [2.75, 3.05) is 49.2 Å². The smallest absolute Gasteiger partial charge is 0.255 e. The third-order valence-corrected chi connectivity index (χ3v) is 6.03. The van der Waals surface area contributed by atoms with Crippen molar-refractivity contribution in [1.29, 1.82) is 0 Å². The zero-order valence-corrected chi connectivity index (χ0v) is 17.0. The van der Waals surface area contributed by atoms with Crippen LogP contribution < -0.4 is 10.2 Å². The summed E-state index contributed by atoms with van der Waals surface area (Å²) in [5.41, 5.74) is 3.63. The van der Waals surface area contributed by atoms with Gasteiger partial charge in [-0.15, -0.1) is 0 Å². The van der Waals surface area contributed by atoms with Gasteiger partial charge in [-0.05, 0) is 61.5 Å². The summed E-state index contributed by atoms with van der Waals surface area (Å²) in [6.07, 6.45) is 1.63. The zero-order valence-electron chi connectivity index (χ0n) is 16.2. The number of piperazine rings is 1. The van der Waals surface area contributed by atoms with E-state index < -0.39 is 10.8 Å². The molecule has 27 heavy (non-hydrogen) atoms. The number of rotatable bonds is 5. The topological polar surface area (TPSA) is 52.6 Å². The zero-order chi connectivity index (χ0) is 19.4. The Balaban J connectivity index is 1.67. The van der Waals surface area contributed by atoms with Gasteiger partial charge in [0.2, 0.25) is 0 Å². The Morgan fingerprint density at radius 3 is 2.30 bits per heavy atom. The first-order valence-electron chi connectivity index (χ1n) is 9.30. The summed E-state index contributed by atoms with van der Waals surface area (Å²) in [4.78, 5) is 18.1. The number of nitrogens with zero attached hydrogens (tertiary/aromatic N) is 2. The van der Waals surface area contributed by atoms with E-state index in [0.29, 0.717) is 5.56 Å². The Bertz CT molecular complexity index is 828. The molecule has 2 aromatic carbocycles. The van der Waals surface area contributed by atoms with Gasteiger partial charge in [0.15, 0.2) is 0 Å². The molecule has 1 atom stereocenters. The minimum Gasteiger partial charge on any atom is -0.369 e. The molecule has 0 saturated carbocycles. The van der Waals surface area contributed by atoms with Crippen LogP contribution in [0.4, 0.5) is 11.4 Å². The first-order chi connectivity index (χ1) is 13.0. The second kappa shape index (κ2) is 8.67. The largest absolute Gasteiger partial charge is 0.369 e. The van der Waals surface area contributed by atoms with E-state index >= 15 is 0 Å². The van der Waals surface area contributed by atoms with Gasteiger partial charge in [-0.25, -0.2) is 0 Å². The van der Waals surface area contributed by atoms with E-state index in [1.54, 1.807) is 30.5 Å². The van der Waals surface area contributed by atoms with Crippen molar-refractivity contribution in [2.24, 2.45) is 0 Å². The highest BCUT2D eigenvalue weighted by atomic mass is 32.2. The molecule has 3 rings (SSSR count). The lowest BCUT2D eigenvalue weighted by atomic mass is 10.1. The Labute approximate surface area is 163 Å². The SMILES string of the molecule is CCN1CCN(c2ccc(NC(=O)c3ccc(S(C)=O)cc3)c(C)c2)CC1. The Hall–Kier alpha value is -2.18. The van der Waals surface area contributed by atoms with Crippen molar-refractivity contribution in [3.63, 3.8) is 0 Å². The number of carbonyl (C=O) groups is 1. The number of hydrogen-bond acceptors (Lipinski definition) is 4. The number of likely N-dealkylation sites (N-methyl/N-ethyl adjacent to an activating group) is 1. The minimum atomic E-state index is -1.04. The molecular weight excluding hydrogens is 358 g/mol. The van der Waals surface area contributed by atoms with Gasteiger partial charge in [-0.1, -0.05) is 6.92 Å². The molecule has 1 unspecified atom stereocenters. The molecule has 1 saturated heterocycles. The van der Waals surface area contributed by atoms with Crippen LogP contribution in [-0.4, -0.2) is 54.0 Å². The predicted molar refractivity (Wildman–Crippen MR) is 112 cm³/mol. The number of benzene rings is 2.